The normalized spacial score (nSPS) is 15.6. The van der Waals surface area contributed by atoms with Crippen LogP contribution in [0.2, 0.25) is 0 Å². The molecule has 148 valence electrons. The second-order valence-corrected chi connectivity index (χ2v) is 8.17. The molecular formula is C20H29N3O3S. The highest BCUT2D eigenvalue weighted by molar-refractivity contribution is 7.10. The standard InChI is InChI=1S/C20H29N3O3S/c1-5-8-25-13(2)9-21-20(24)18-12-27-19-11-23(7-6-16(18)19)10-17-14(3)22-26-15(17)4/h12-13H,5-11H2,1-4H3,(H,21,24). The van der Waals surface area contributed by atoms with Crippen LogP contribution in [-0.2, 0) is 24.2 Å². The Kier molecular flexibility index (Phi) is 6.68. The highest BCUT2D eigenvalue weighted by Crippen LogP contribution is 2.30. The number of nitrogens with zero attached hydrogens (tertiary/aromatic N) is 2. The van der Waals surface area contributed by atoms with Gasteiger partial charge in [-0.3, -0.25) is 9.69 Å². The van der Waals surface area contributed by atoms with E-state index in [9.17, 15) is 4.79 Å². The lowest BCUT2D eigenvalue weighted by Gasteiger charge is -2.27. The Hall–Kier alpha value is -1.70. The predicted octanol–water partition coefficient (Wildman–Crippen LogP) is 3.46. The van der Waals surface area contributed by atoms with E-state index in [1.807, 2.05) is 26.2 Å². The summed E-state index contributed by atoms with van der Waals surface area (Å²) >= 11 is 1.68. The van der Waals surface area contributed by atoms with Gasteiger partial charge in [0, 0.05) is 48.6 Å². The molecule has 1 aliphatic heterocycles. The summed E-state index contributed by atoms with van der Waals surface area (Å²) in [6.45, 7) is 11.9. The Labute approximate surface area is 164 Å². The molecule has 0 aliphatic carbocycles. The van der Waals surface area contributed by atoms with E-state index in [1.54, 1.807) is 11.3 Å². The Balaban J connectivity index is 1.58. The SMILES string of the molecule is CCCOC(C)CNC(=O)c1csc2c1CCN(Cc1c(C)noc1C)C2. The van der Waals surface area contributed by atoms with E-state index in [4.69, 9.17) is 9.26 Å². The van der Waals surface area contributed by atoms with E-state index in [0.29, 0.717) is 6.54 Å². The van der Waals surface area contributed by atoms with Crippen molar-refractivity contribution in [1.29, 1.82) is 0 Å². The monoisotopic (exact) mass is 391 g/mol. The fourth-order valence-electron chi connectivity index (χ4n) is 3.37. The van der Waals surface area contributed by atoms with Gasteiger partial charge >= 0.3 is 0 Å². The van der Waals surface area contributed by atoms with Crippen molar-refractivity contribution < 1.29 is 14.1 Å². The van der Waals surface area contributed by atoms with Crippen LogP contribution in [0.25, 0.3) is 0 Å². The smallest absolute Gasteiger partial charge is 0.252 e. The molecule has 0 radical (unpaired) electrons. The third-order valence-corrected chi connectivity index (χ3v) is 6.00. The fraction of sp³-hybridized carbons (Fsp3) is 0.600. The number of hydrogen-bond donors (Lipinski definition) is 1. The zero-order valence-electron chi connectivity index (χ0n) is 16.6. The minimum atomic E-state index is 0.0126. The Morgan fingerprint density at radius 3 is 3.00 bits per heavy atom. The number of thiophene rings is 1. The molecule has 1 N–H and O–H groups in total. The van der Waals surface area contributed by atoms with E-state index in [1.165, 1.54) is 16.0 Å². The molecule has 0 saturated heterocycles. The molecule has 27 heavy (non-hydrogen) atoms. The molecule has 0 aromatic carbocycles. The molecule has 1 aliphatic rings. The summed E-state index contributed by atoms with van der Waals surface area (Å²) in [4.78, 5) is 16.3. The van der Waals surface area contributed by atoms with E-state index in [0.717, 1.165) is 56.1 Å². The van der Waals surface area contributed by atoms with Gasteiger partial charge < -0.3 is 14.6 Å². The molecule has 0 fully saturated rings. The average Bonchev–Trinajstić information content (AvgIpc) is 3.22. The molecule has 7 heteroatoms. The summed E-state index contributed by atoms with van der Waals surface area (Å²) in [5, 5.41) is 9.06. The number of carbonyl (C=O) groups is 1. The topological polar surface area (TPSA) is 67.6 Å². The number of ether oxygens (including phenoxy) is 1. The molecule has 0 saturated carbocycles. The van der Waals surface area contributed by atoms with Crippen LogP contribution in [0, 0.1) is 13.8 Å². The molecule has 0 bridgehead atoms. The molecule has 0 spiro atoms. The Morgan fingerprint density at radius 1 is 1.48 bits per heavy atom. The van der Waals surface area contributed by atoms with Crippen molar-refractivity contribution >= 4 is 17.2 Å². The van der Waals surface area contributed by atoms with Crippen molar-refractivity contribution in [1.82, 2.24) is 15.4 Å². The van der Waals surface area contributed by atoms with Crippen molar-refractivity contribution in [3.8, 4) is 0 Å². The van der Waals surface area contributed by atoms with Gasteiger partial charge in [-0.15, -0.1) is 11.3 Å². The van der Waals surface area contributed by atoms with Crippen molar-refractivity contribution in [2.45, 2.75) is 59.7 Å². The molecule has 6 nitrogen and oxygen atoms in total. The summed E-state index contributed by atoms with van der Waals surface area (Å²) in [6, 6.07) is 0. The van der Waals surface area contributed by atoms with Crippen LogP contribution in [-0.4, -0.2) is 41.8 Å². The fourth-order valence-corrected chi connectivity index (χ4v) is 4.49. The van der Waals surface area contributed by atoms with Gasteiger partial charge in [0.1, 0.15) is 5.76 Å². The van der Waals surface area contributed by atoms with Crippen LogP contribution in [0.1, 0.15) is 58.1 Å². The first-order valence-electron chi connectivity index (χ1n) is 9.62. The number of fused-ring (bicyclic) bond motifs is 1. The number of rotatable bonds is 8. The van der Waals surface area contributed by atoms with Gasteiger partial charge in [0.15, 0.2) is 0 Å². The zero-order chi connectivity index (χ0) is 19.4. The summed E-state index contributed by atoms with van der Waals surface area (Å²) in [5.74, 6) is 0.905. The van der Waals surface area contributed by atoms with Gasteiger partial charge in [0.25, 0.3) is 5.91 Å². The maximum absolute atomic E-state index is 12.6. The lowest BCUT2D eigenvalue weighted by atomic mass is 10.0. The van der Waals surface area contributed by atoms with Crippen molar-refractivity contribution in [2.24, 2.45) is 0 Å². The second kappa shape index (κ2) is 8.99. The van der Waals surface area contributed by atoms with Crippen LogP contribution in [0.3, 0.4) is 0 Å². The maximum atomic E-state index is 12.6. The molecule has 1 unspecified atom stereocenters. The van der Waals surface area contributed by atoms with Crippen molar-refractivity contribution in [3.05, 3.63) is 38.4 Å². The third kappa shape index (κ3) is 4.78. The number of carbonyl (C=O) groups excluding carboxylic acids is 1. The zero-order valence-corrected chi connectivity index (χ0v) is 17.4. The highest BCUT2D eigenvalue weighted by atomic mass is 32.1. The summed E-state index contributed by atoms with van der Waals surface area (Å²) < 4.78 is 10.9. The predicted molar refractivity (Wildman–Crippen MR) is 106 cm³/mol. The minimum Gasteiger partial charge on any atom is -0.377 e. The van der Waals surface area contributed by atoms with E-state index < -0.39 is 0 Å². The number of nitrogens with one attached hydrogen (secondary N) is 1. The average molecular weight is 392 g/mol. The number of hydrogen-bond acceptors (Lipinski definition) is 6. The third-order valence-electron chi connectivity index (χ3n) is 4.99. The minimum absolute atomic E-state index is 0.0126. The Morgan fingerprint density at radius 2 is 2.30 bits per heavy atom. The van der Waals surface area contributed by atoms with Crippen molar-refractivity contribution in [2.75, 3.05) is 19.7 Å². The number of aromatic nitrogens is 1. The van der Waals surface area contributed by atoms with Gasteiger partial charge in [0.05, 0.1) is 17.4 Å². The van der Waals surface area contributed by atoms with E-state index >= 15 is 0 Å². The van der Waals surface area contributed by atoms with Gasteiger partial charge in [-0.25, -0.2) is 0 Å². The largest absolute Gasteiger partial charge is 0.377 e. The maximum Gasteiger partial charge on any atom is 0.252 e. The number of aryl methyl sites for hydroxylation is 2. The molecule has 3 rings (SSSR count). The van der Waals surface area contributed by atoms with Gasteiger partial charge in [-0.1, -0.05) is 12.1 Å². The summed E-state index contributed by atoms with van der Waals surface area (Å²) in [5.41, 5.74) is 4.17. The molecule has 2 aromatic rings. The number of amides is 1. The second-order valence-electron chi connectivity index (χ2n) is 7.21. The first kappa shape index (κ1) is 20.0. The molecule has 1 atom stereocenters. The molecular weight excluding hydrogens is 362 g/mol. The van der Waals surface area contributed by atoms with Gasteiger partial charge in [0.2, 0.25) is 0 Å². The molecule has 2 aromatic heterocycles. The van der Waals surface area contributed by atoms with Gasteiger partial charge in [-0.2, -0.15) is 0 Å². The van der Waals surface area contributed by atoms with Crippen LogP contribution in [0.4, 0.5) is 0 Å². The summed E-state index contributed by atoms with van der Waals surface area (Å²) in [7, 11) is 0. The van der Waals surface area contributed by atoms with Crippen LogP contribution in [0.15, 0.2) is 9.90 Å². The highest BCUT2D eigenvalue weighted by Gasteiger charge is 2.25. The van der Waals surface area contributed by atoms with Gasteiger partial charge in [-0.05, 0) is 39.2 Å². The van der Waals surface area contributed by atoms with E-state index in [2.05, 4.69) is 22.3 Å². The van der Waals surface area contributed by atoms with Crippen molar-refractivity contribution in [3.63, 3.8) is 0 Å². The summed E-state index contributed by atoms with van der Waals surface area (Å²) in [6.07, 6.45) is 1.92. The quantitative estimate of drug-likeness (QED) is 0.746. The van der Waals surface area contributed by atoms with Crippen LogP contribution in [0.5, 0.6) is 0 Å². The first-order valence-corrected chi connectivity index (χ1v) is 10.5. The molecule has 1 amide bonds. The van der Waals surface area contributed by atoms with Crippen LogP contribution >= 0.6 is 11.3 Å². The lowest BCUT2D eigenvalue weighted by Crippen LogP contribution is -2.34. The lowest BCUT2D eigenvalue weighted by molar-refractivity contribution is 0.0621. The van der Waals surface area contributed by atoms with Crippen LogP contribution < -0.4 is 5.32 Å². The van der Waals surface area contributed by atoms with E-state index in [-0.39, 0.29) is 12.0 Å². The Bertz CT molecular complexity index is 764. The molecule has 3 heterocycles. The first-order chi connectivity index (χ1) is 13.0.